The smallest absolute Gasteiger partial charge is 0.122 e. The van der Waals surface area contributed by atoms with E-state index in [0.29, 0.717) is 6.04 Å². The number of fused-ring (bicyclic) bond motifs is 1. The first kappa shape index (κ1) is 25.6. The average molecular weight is 453 g/mol. The number of hydrogen-bond acceptors (Lipinski definition) is 4. The number of ether oxygens (including phenoxy) is 2. The predicted octanol–water partition coefficient (Wildman–Crippen LogP) is 5.67. The summed E-state index contributed by atoms with van der Waals surface area (Å²) < 4.78 is 10.8. The van der Waals surface area contributed by atoms with E-state index in [9.17, 15) is 0 Å². The Morgan fingerprint density at radius 3 is 2.48 bits per heavy atom. The van der Waals surface area contributed by atoms with E-state index in [1.807, 2.05) is 12.1 Å². The minimum atomic E-state index is 0.684. The summed E-state index contributed by atoms with van der Waals surface area (Å²) in [5.41, 5.74) is 4.29. The van der Waals surface area contributed by atoms with Gasteiger partial charge in [-0.1, -0.05) is 44.0 Å². The second kappa shape index (κ2) is 14.3. The summed E-state index contributed by atoms with van der Waals surface area (Å²) in [6, 6.07) is 15.6. The fourth-order valence-electron chi connectivity index (χ4n) is 5.09. The Labute approximate surface area is 201 Å². The summed E-state index contributed by atoms with van der Waals surface area (Å²) in [6.45, 7) is 6.94. The Bertz CT molecular complexity index is 806. The molecule has 1 N–H and O–H groups in total. The van der Waals surface area contributed by atoms with Gasteiger partial charge in [-0.2, -0.15) is 0 Å². The molecule has 33 heavy (non-hydrogen) atoms. The molecule has 0 saturated heterocycles. The van der Waals surface area contributed by atoms with Crippen LogP contribution < -0.4 is 14.8 Å². The van der Waals surface area contributed by atoms with E-state index in [4.69, 9.17) is 9.47 Å². The van der Waals surface area contributed by atoms with Crippen LogP contribution in [0.5, 0.6) is 11.5 Å². The van der Waals surface area contributed by atoms with Crippen molar-refractivity contribution in [1.29, 1.82) is 0 Å². The molecule has 1 aliphatic rings. The molecule has 0 spiro atoms. The standard InChI is InChI=1S/C29H44N2O2/c1-4-21-31(26-14-17-28-25(23-26)10-9-11-29(28)33-3)22-8-6-5-7-19-30-20-18-24-12-15-27(32-2)16-13-24/h9-13,15-16,26,30H,4-8,14,17-23H2,1-3H3. The first-order valence-corrected chi connectivity index (χ1v) is 13.0. The van der Waals surface area contributed by atoms with E-state index in [1.54, 1.807) is 14.2 Å². The number of unbranched alkanes of at least 4 members (excludes halogenated alkanes) is 3. The zero-order chi connectivity index (χ0) is 23.3. The van der Waals surface area contributed by atoms with E-state index in [2.05, 4.69) is 47.5 Å². The lowest BCUT2D eigenvalue weighted by molar-refractivity contribution is 0.175. The predicted molar refractivity (Wildman–Crippen MR) is 139 cm³/mol. The van der Waals surface area contributed by atoms with Gasteiger partial charge in [0.2, 0.25) is 0 Å². The largest absolute Gasteiger partial charge is 0.497 e. The summed E-state index contributed by atoms with van der Waals surface area (Å²) in [6.07, 6.45) is 11.1. The van der Waals surface area contributed by atoms with Crippen LogP contribution in [0.25, 0.3) is 0 Å². The van der Waals surface area contributed by atoms with Gasteiger partial charge >= 0.3 is 0 Å². The Morgan fingerprint density at radius 1 is 0.909 bits per heavy atom. The van der Waals surface area contributed by atoms with Gasteiger partial charge in [-0.3, -0.25) is 0 Å². The Balaban J connectivity index is 1.29. The van der Waals surface area contributed by atoms with Gasteiger partial charge in [0.25, 0.3) is 0 Å². The van der Waals surface area contributed by atoms with Gasteiger partial charge in [0.15, 0.2) is 0 Å². The van der Waals surface area contributed by atoms with Crippen LogP contribution in [-0.2, 0) is 19.3 Å². The molecule has 3 rings (SSSR count). The van der Waals surface area contributed by atoms with Crippen LogP contribution in [0, 0.1) is 0 Å². The number of methoxy groups -OCH3 is 2. The third-order valence-corrected chi connectivity index (χ3v) is 6.96. The van der Waals surface area contributed by atoms with E-state index in [-0.39, 0.29) is 0 Å². The van der Waals surface area contributed by atoms with Crippen LogP contribution in [0.2, 0.25) is 0 Å². The van der Waals surface area contributed by atoms with Crippen LogP contribution in [0.3, 0.4) is 0 Å². The van der Waals surface area contributed by atoms with Crippen molar-refractivity contribution in [2.24, 2.45) is 0 Å². The first-order chi connectivity index (χ1) is 16.2. The fraction of sp³-hybridized carbons (Fsp3) is 0.586. The van der Waals surface area contributed by atoms with Crippen molar-refractivity contribution < 1.29 is 9.47 Å². The summed E-state index contributed by atoms with van der Waals surface area (Å²) in [7, 11) is 3.51. The molecule has 2 aromatic rings. The molecule has 1 unspecified atom stereocenters. The van der Waals surface area contributed by atoms with Gasteiger partial charge in [0, 0.05) is 6.04 Å². The monoisotopic (exact) mass is 452 g/mol. The minimum absolute atomic E-state index is 0.684. The number of rotatable bonds is 15. The van der Waals surface area contributed by atoms with Crippen molar-refractivity contribution in [1.82, 2.24) is 10.2 Å². The van der Waals surface area contributed by atoms with Crippen LogP contribution >= 0.6 is 0 Å². The molecule has 1 aliphatic carbocycles. The van der Waals surface area contributed by atoms with Gasteiger partial charge in [-0.05, 0) is 106 Å². The van der Waals surface area contributed by atoms with Gasteiger partial charge in [0.05, 0.1) is 14.2 Å². The summed E-state index contributed by atoms with van der Waals surface area (Å²) in [4.78, 5) is 2.76. The van der Waals surface area contributed by atoms with Gasteiger partial charge in [0.1, 0.15) is 11.5 Å². The van der Waals surface area contributed by atoms with Crippen LogP contribution in [0.1, 0.15) is 62.1 Å². The molecule has 0 amide bonds. The topological polar surface area (TPSA) is 33.7 Å². The third-order valence-electron chi connectivity index (χ3n) is 6.96. The second-order valence-electron chi connectivity index (χ2n) is 9.29. The number of benzene rings is 2. The van der Waals surface area contributed by atoms with E-state index in [0.717, 1.165) is 37.4 Å². The van der Waals surface area contributed by atoms with Crippen molar-refractivity contribution in [3.63, 3.8) is 0 Å². The summed E-state index contributed by atoms with van der Waals surface area (Å²) in [5, 5.41) is 3.60. The molecule has 4 nitrogen and oxygen atoms in total. The first-order valence-electron chi connectivity index (χ1n) is 13.0. The summed E-state index contributed by atoms with van der Waals surface area (Å²) in [5.74, 6) is 2.00. The molecule has 0 radical (unpaired) electrons. The molecule has 0 aliphatic heterocycles. The summed E-state index contributed by atoms with van der Waals surface area (Å²) >= 11 is 0. The van der Waals surface area contributed by atoms with Crippen molar-refractivity contribution in [3.8, 4) is 11.5 Å². The quantitative estimate of drug-likeness (QED) is 0.353. The number of nitrogens with one attached hydrogen (secondary N) is 1. The second-order valence-corrected chi connectivity index (χ2v) is 9.29. The van der Waals surface area contributed by atoms with Gasteiger partial charge < -0.3 is 19.7 Å². The SMILES string of the molecule is CCCN(CCCCCCNCCc1ccc(OC)cc1)C1CCc2c(cccc2OC)C1. The lowest BCUT2D eigenvalue weighted by Gasteiger charge is -2.35. The molecule has 0 heterocycles. The highest BCUT2D eigenvalue weighted by molar-refractivity contribution is 5.42. The van der Waals surface area contributed by atoms with Gasteiger partial charge in [-0.25, -0.2) is 0 Å². The highest BCUT2D eigenvalue weighted by Crippen LogP contribution is 2.31. The molecule has 0 fully saturated rings. The normalized spacial score (nSPS) is 15.5. The number of hydrogen-bond donors (Lipinski definition) is 1. The van der Waals surface area contributed by atoms with Crippen molar-refractivity contribution in [2.45, 2.75) is 70.8 Å². The van der Waals surface area contributed by atoms with Crippen LogP contribution in [0.15, 0.2) is 42.5 Å². The molecule has 4 heteroatoms. The Hall–Kier alpha value is -2.04. The minimum Gasteiger partial charge on any atom is -0.497 e. The van der Waals surface area contributed by atoms with Crippen LogP contribution in [0.4, 0.5) is 0 Å². The van der Waals surface area contributed by atoms with Crippen molar-refractivity contribution in [3.05, 3.63) is 59.2 Å². The van der Waals surface area contributed by atoms with Crippen molar-refractivity contribution in [2.75, 3.05) is 40.4 Å². The Kier molecular flexibility index (Phi) is 11.1. The van der Waals surface area contributed by atoms with E-state index in [1.165, 1.54) is 74.7 Å². The van der Waals surface area contributed by atoms with Crippen molar-refractivity contribution >= 4 is 0 Å². The van der Waals surface area contributed by atoms with E-state index >= 15 is 0 Å². The maximum absolute atomic E-state index is 5.59. The molecular formula is C29H44N2O2. The average Bonchev–Trinajstić information content (AvgIpc) is 2.86. The third kappa shape index (κ3) is 8.04. The molecule has 1 atom stereocenters. The highest BCUT2D eigenvalue weighted by atomic mass is 16.5. The lowest BCUT2D eigenvalue weighted by atomic mass is 9.86. The van der Waals surface area contributed by atoms with E-state index < -0.39 is 0 Å². The lowest BCUT2D eigenvalue weighted by Crippen LogP contribution is -2.40. The zero-order valence-corrected chi connectivity index (χ0v) is 21.1. The van der Waals surface area contributed by atoms with Crippen LogP contribution in [-0.4, -0.2) is 51.3 Å². The molecule has 0 bridgehead atoms. The molecular weight excluding hydrogens is 408 g/mol. The molecule has 182 valence electrons. The maximum atomic E-state index is 5.59. The highest BCUT2D eigenvalue weighted by Gasteiger charge is 2.25. The maximum Gasteiger partial charge on any atom is 0.122 e. The zero-order valence-electron chi connectivity index (χ0n) is 21.1. The fourth-order valence-corrected chi connectivity index (χ4v) is 5.09. The Morgan fingerprint density at radius 2 is 1.73 bits per heavy atom. The van der Waals surface area contributed by atoms with Gasteiger partial charge in [-0.15, -0.1) is 0 Å². The molecule has 2 aromatic carbocycles. The number of nitrogens with zero attached hydrogens (tertiary/aromatic N) is 1. The molecule has 0 aromatic heterocycles. The molecule has 0 saturated carbocycles.